The first-order valence-electron chi connectivity index (χ1n) is 18.0. The zero-order chi connectivity index (χ0) is 34.7. The number of cyclic esters (lactones) is 1. The molecule has 10 nitrogen and oxygen atoms in total. The first kappa shape index (κ1) is 34.1. The number of benzene rings is 1. The molecule has 1 aromatic rings. The lowest BCUT2D eigenvalue weighted by molar-refractivity contribution is -0.175. The lowest BCUT2D eigenvalue weighted by atomic mass is 9.50. The second-order valence-electron chi connectivity index (χ2n) is 16.0. The molecular weight excluding hydrogens is 624 g/mol. The van der Waals surface area contributed by atoms with Crippen molar-refractivity contribution in [2.75, 3.05) is 39.9 Å². The number of hydrogen-bond donors (Lipinski definition) is 1. The highest BCUT2D eigenvalue weighted by atomic mass is 16.6. The van der Waals surface area contributed by atoms with Crippen molar-refractivity contribution in [3.8, 4) is 0 Å². The summed E-state index contributed by atoms with van der Waals surface area (Å²) in [5.74, 6) is -4.01. The number of ketones is 2. The summed E-state index contributed by atoms with van der Waals surface area (Å²) in [6.07, 6.45) is 5.01. The minimum Gasteiger partial charge on any atom is -0.458 e. The molecular formula is C39H50N2O8. The molecule has 7 unspecified atom stereocenters. The molecule has 1 saturated carbocycles. The van der Waals surface area contributed by atoms with Crippen LogP contribution in [0.2, 0.25) is 0 Å². The van der Waals surface area contributed by atoms with Crippen LogP contribution in [0.25, 0.3) is 0 Å². The number of aliphatic hydroxyl groups is 1. The van der Waals surface area contributed by atoms with Crippen LogP contribution in [0.3, 0.4) is 0 Å². The largest absolute Gasteiger partial charge is 0.458 e. The molecule has 3 saturated heterocycles. The van der Waals surface area contributed by atoms with Crippen molar-refractivity contribution in [2.24, 2.45) is 28.1 Å². The maximum atomic E-state index is 14.7. The molecule has 264 valence electrons. The summed E-state index contributed by atoms with van der Waals surface area (Å²) in [4.78, 5) is 60.6. The number of esters is 2. The third-order valence-electron chi connectivity index (χ3n) is 12.9. The monoisotopic (exact) mass is 674 g/mol. The van der Waals surface area contributed by atoms with Gasteiger partial charge in [0.05, 0.1) is 24.2 Å². The average molecular weight is 675 g/mol. The first-order valence-corrected chi connectivity index (χ1v) is 18.0. The number of hydrogen-bond acceptors (Lipinski definition) is 10. The molecule has 7 rings (SSSR count). The fourth-order valence-corrected chi connectivity index (χ4v) is 10.7. The van der Waals surface area contributed by atoms with Crippen molar-refractivity contribution >= 4 is 23.5 Å². The maximum Gasteiger partial charge on any atom is 0.336 e. The van der Waals surface area contributed by atoms with Gasteiger partial charge in [-0.25, -0.2) is 4.79 Å². The number of carbonyl (C=O) groups is 4. The number of fused-ring (bicyclic) bond motifs is 6. The Kier molecular flexibility index (Phi) is 8.89. The van der Waals surface area contributed by atoms with Gasteiger partial charge in [-0.3, -0.25) is 14.4 Å². The highest BCUT2D eigenvalue weighted by Gasteiger charge is 2.67. The van der Waals surface area contributed by atoms with Gasteiger partial charge >= 0.3 is 11.9 Å². The van der Waals surface area contributed by atoms with Gasteiger partial charge in [-0.15, -0.1) is 0 Å². The summed E-state index contributed by atoms with van der Waals surface area (Å²) < 4.78 is 17.8. The van der Waals surface area contributed by atoms with Gasteiger partial charge < -0.3 is 29.1 Å². The average Bonchev–Trinajstić information content (AvgIpc) is 3.35. The van der Waals surface area contributed by atoms with Crippen LogP contribution >= 0.6 is 0 Å². The third kappa shape index (κ3) is 5.68. The number of ether oxygens (including phenoxy) is 3. The smallest absolute Gasteiger partial charge is 0.336 e. The highest BCUT2D eigenvalue weighted by Crippen LogP contribution is 2.63. The van der Waals surface area contributed by atoms with Crippen LogP contribution in [0, 0.1) is 28.1 Å². The normalized spacial score (nSPS) is 39.2. The van der Waals surface area contributed by atoms with Crippen molar-refractivity contribution in [1.29, 1.82) is 0 Å². The molecule has 10 heteroatoms. The third-order valence-corrected chi connectivity index (χ3v) is 12.9. The molecule has 3 aliphatic carbocycles. The Morgan fingerprint density at radius 1 is 1.10 bits per heavy atom. The predicted octanol–water partition coefficient (Wildman–Crippen LogP) is 4.00. The second kappa shape index (κ2) is 12.8. The second-order valence-corrected chi connectivity index (χ2v) is 16.0. The van der Waals surface area contributed by atoms with Crippen LogP contribution < -0.4 is 0 Å². The Morgan fingerprint density at radius 3 is 2.49 bits per heavy atom. The number of nitrogens with zero attached hydrogens (tertiary/aromatic N) is 2. The van der Waals surface area contributed by atoms with E-state index in [2.05, 4.69) is 21.9 Å². The summed E-state index contributed by atoms with van der Waals surface area (Å²) in [7, 11) is 1.51. The highest BCUT2D eigenvalue weighted by molar-refractivity contribution is 6.47. The zero-order valence-electron chi connectivity index (χ0n) is 29.2. The van der Waals surface area contributed by atoms with Crippen LogP contribution in [-0.4, -0.2) is 96.6 Å². The van der Waals surface area contributed by atoms with Crippen molar-refractivity contribution in [1.82, 2.24) is 9.80 Å². The zero-order valence-corrected chi connectivity index (χ0v) is 29.2. The van der Waals surface area contributed by atoms with Crippen LogP contribution in [-0.2, 0) is 39.9 Å². The van der Waals surface area contributed by atoms with Gasteiger partial charge in [0.25, 0.3) is 0 Å². The van der Waals surface area contributed by atoms with E-state index in [1.165, 1.54) is 14.0 Å². The molecule has 49 heavy (non-hydrogen) atoms. The molecule has 0 radical (unpaired) electrons. The Hall–Kier alpha value is -3.34. The quantitative estimate of drug-likeness (QED) is 0.246. The van der Waals surface area contributed by atoms with Crippen LogP contribution in [0.4, 0.5) is 0 Å². The molecule has 3 aliphatic heterocycles. The van der Waals surface area contributed by atoms with Gasteiger partial charge in [0, 0.05) is 61.7 Å². The number of piperidine rings is 2. The van der Waals surface area contributed by atoms with Gasteiger partial charge in [-0.1, -0.05) is 44.2 Å². The molecule has 0 spiro atoms. The number of allylic oxidation sites excluding steroid dienone is 1. The SMILES string of the molecule is COCC1OC(=O)C(=CN(Cc2ccccc2)CC23CCCN(CCC2)C3)C2C(=O)C(=O)C3=C(C(OC(C)=O)CC4(C)C(O)CCC34)C12C. The van der Waals surface area contributed by atoms with Gasteiger partial charge in [0.2, 0.25) is 11.6 Å². The molecule has 4 fully saturated rings. The number of methoxy groups -OCH3 is 1. The molecule has 1 N–H and O–H groups in total. The lowest BCUT2D eigenvalue weighted by Crippen LogP contribution is -2.63. The Labute approximate surface area is 288 Å². The van der Waals surface area contributed by atoms with E-state index in [4.69, 9.17) is 14.2 Å². The Morgan fingerprint density at radius 2 is 1.82 bits per heavy atom. The first-order chi connectivity index (χ1) is 23.4. The number of aliphatic hydroxyl groups excluding tert-OH is 1. The molecule has 1 aromatic carbocycles. The van der Waals surface area contributed by atoms with Gasteiger partial charge in [-0.05, 0) is 75.1 Å². The summed E-state index contributed by atoms with van der Waals surface area (Å²) >= 11 is 0. The number of rotatable bonds is 8. The van der Waals surface area contributed by atoms with Crippen LogP contribution in [0.5, 0.6) is 0 Å². The predicted molar refractivity (Wildman–Crippen MR) is 180 cm³/mol. The van der Waals surface area contributed by atoms with Gasteiger partial charge in [0.1, 0.15) is 12.2 Å². The standard InChI is InChI=1S/C39H50N2O8/c1-24(42)48-28-18-37(2)27(12-13-29(37)43)31-33(28)38(3)30(21-47-4)49-36(46)26(32(38)35(45)34(31)44)20-41(19-25-10-6-5-7-11-25)23-39-14-8-16-40(22-39)17-9-15-39/h5-7,10-11,20,27-30,32,43H,8-9,12-19,21-23H2,1-4H3. The van der Waals surface area contributed by atoms with Crippen molar-refractivity contribution < 1.29 is 38.5 Å². The van der Waals surface area contributed by atoms with E-state index < -0.39 is 58.6 Å². The fraction of sp³-hybridized carbons (Fsp3) is 0.641. The van der Waals surface area contributed by atoms with E-state index in [1.807, 2.05) is 32.0 Å². The van der Waals surface area contributed by atoms with Crippen LogP contribution in [0.15, 0.2) is 53.3 Å². The van der Waals surface area contributed by atoms with Crippen molar-refractivity contribution in [3.05, 3.63) is 58.8 Å². The fourth-order valence-electron chi connectivity index (χ4n) is 10.7. The van der Waals surface area contributed by atoms with Crippen molar-refractivity contribution in [3.63, 3.8) is 0 Å². The molecule has 0 aromatic heterocycles. The molecule has 0 amide bonds. The summed E-state index contributed by atoms with van der Waals surface area (Å²) in [5.41, 5.74) is 0.147. The lowest BCUT2D eigenvalue weighted by Gasteiger charge is -2.56. The van der Waals surface area contributed by atoms with Gasteiger partial charge in [-0.2, -0.15) is 0 Å². The van der Waals surface area contributed by atoms with Crippen LogP contribution in [0.1, 0.15) is 71.3 Å². The maximum absolute atomic E-state index is 14.7. The number of Topliss-reactive ketones (excluding diaryl/α,β-unsaturated/α-hetero) is 2. The topological polar surface area (TPSA) is 123 Å². The van der Waals surface area contributed by atoms with Gasteiger partial charge in [0.15, 0.2) is 0 Å². The van der Waals surface area contributed by atoms with E-state index in [0.29, 0.717) is 43.5 Å². The molecule has 7 atom stereocenters. The van der Waals surface area contributed by atoms with E-state index in [9.17, 15) is 24.3 Å². The molecule has 2 bridgehead atoms. The number of carbonyl (C=O) groups excluding carboxylic acids is 4. The van der Waals surface area contributed by atoms with E-state index >= 15 is 0 Å². The van der Waals surface area contributed by atoms with E-state index in [0.717, 1.165) is 50.9 Å². The van der Waals surface area contributed by atoms with Crippen molar-refractivity contribution in [2.45, 2.75) is 90.6 Å². The summed E-state index contributed by atoms with van der Waals surface area (Å²) in [5, 5.41) is 11.1. The minimum atomic E-state index is -1.23. The van der Waals surface area contributed by atoms with E-state index in [1.54, 1.807) is 6.20 Å². The Balaban J connectivity index is 1.37. The Bertz CT molecular complexity index is 1580. The molecule has 3 heterocycles. The van der Waals surface area contributed by atoms with E-state index in [-0.39, 0.29) is 23.5 Å². The minimum absolute atomic E-state index is 0.00566. The summed E-state index contributed by atoms with van der Waals surface area (Å²) in [6.45, 7) is 9.52. The summed E-state index contributed by atoms with van der Waals surface area (Å²) in [6, 6.07) is 10.1. The molecule has 6 aliphatic rings.